The topological polar surface area (TPSA) is 118 Å². The Morgan fingerprint density at radius 1 is 1.17 bits per heavy atom. The van der Waals surface area contributed by atoms with Gasteiger partial charge in [0.1, 0.15) is 4.90 Å². The summed E-state index contributed by atoms with van der Waals surface area (Å²) in [6.45, 7) is 5.87. The summed E-state index contributed by atoms with van der Waals surface area (Å²) >= 11 is 0. The van der Waals surface area contributed by atoms with E-state index in [2.05, 4.69) is 25.1 Å². The first kappa shape index (κ1) is 20.9. The van der Waals surface area contributed by atoms with E-state index in [9.17, 15) is 13.2 Å². The Hall–Kier alpha value is -2.85. The first-order chi connectivity index (χ1) is 13.8. The van der Waals surface area contributed by atoms with E-state index in [1.165, 1.54) is 17.6 Å². The SMILES string of the molecule is CCC(CC)CNS(=O)(=O)c1cncc(-c2ccc3nc(NC(C)=O)nn3c2)c1. The van der Waals surface area contributed by atoms with Gasteiger partial charge in [0.05, 0.1) is 0 Å². The van der Waals surface area contributed by atoms with E-state index < -0.39 is 10.0 Å². The van der Waals surface area contributed by atoms with E-state index in [0.717, 1.165) is 18.4 Å². The van der Waals surface area contributed by atoms with E-state index in [-0.39, 0.29) is 16.8 Å². The normalized spacial score (nSPS) is 11.9. The van der Waals surface area contributed by atoms with E-state index in [1.807, 2.05) is 13.8 Å². The minimum absolute atomic E-state index is 0.110. The fourth-order valence-electron chi connectivity index (χ4n) is 2.88. The number of hydrogen-bond donors (Lipinski definition) is 2. The van der Waals surface area contributed by atoms with Gasteiger partial charge in [-0.15, -0.1) is 5.10 Å². The fourth-order valence-corrected chi connectivity index (χ4v) is 3.98. The largest absolute Gasteiger partial charge is 0.293 e. The van der Waals surface area contributed by atoms with Crippen LogP contribution in [-0.4, -0.2) is 40.5 Å². The Kier molecular flexibility index (Phi) is 6.23. The fraction of sp³-hybridized carbons (Fsp3) is 0.368. The molecule has 154 valence electrons. The lowest BCUT2D eigenvalue weighted by molar-refractivity contribution is -0.114. The van der Waals surface area contributed by atoms with Gasteiger partial charge in [-0.3, -0.25) is 15.1 Å². The number of rotatable bonds is 8. The molecule has 0 aliphatic carbocycles. The molecule has 0 aliphatic rings. The zero-order valence-electron chi connectivity index (χ0n) is 16.6. The number of anilines is 1. The summed E-state index contributed by atoms with van der Waals surface area (Å²) in [5, 5.41) is 6.73. The molecule has 0 saturated carbocycles. The van der Waals surface area contributed by atoms with Crippen LogP contribution in [0.1, 0.15) is 33.6 Å². The van der Waals surface area contributed by atoms with Crippen LogP contribution >= 0.6 is 0 Å². The maximum atomic E-state index is 12.7. The number of carbonyl (C=O) groups is 1. The molecule has 1 amide bonds. The molecule has 0 unspecified atom stereocenters. The molecule has 0 radical (unpaired) electrons. The molecule has 9 nitrogen and oxygen atoms in total. The Morgan fingerprint density at radius 2 is 1.93 bits per heavy atom. The van der Waals surface area contributed by atoms with Crippen LogP contribution in [0.3, 0.4) is 0 Å². The van der Waals surface area contributed by atoms with Gasteiger partial charge in [-0.05, 0) is 24.1 Å². The van der Waals surface area contributed by atoms with Crippen LogP contribution in [0, 0.1) is 5.92 Å². The number of sulfonamides is 1. The van der Waals surface area contributed by atoms with Gasteiger partial charge in [-0.25, -0.2) is 17.7 Å². The molecule has 3 aromatic rings. The molecular weight excluding hydrogens is 392 g/mol. The van der Waals surface area contributed by atoms with Crippen molar-refractivity contribution in [3.05, 3.63) is 36.8 Å². The highest BCUT2D eigenvalue weighted by Gasteiger charge is 2.17. The predicted octanol–water partition coefficient (Wildman–Crippen LogP) is 2.46. The molecule has 0 aromatic carbocycles. The Balaban J connectivity index is 1.87. The molecule has 29 heavy (non-hydrogen) atoms. The lowest BCUT2D eigenvalue weighted by Crippen LogP contribution is -2.29. The van der Waals surface area contributed by atoms with E-state index in [0.29, 0.717) is 23.7 Å². The zero-order valence-corrected chi connectivity index (χ0v) is 17.4. The van der Waals surface area contributed by atoms with Gasteiger partial charge < -0.3 is 0 Å². The van der Waals surface area contributed by atoms with Crippen molar-refractivity contribution in [2.75, 3.05) is 11.9 Å². The molecular formula is C19H24N6O3S. The highest BCUT2D eigenvalue weighted by Crippen LogP contribution is 2.22. The van der Waals surface area contributed by atoms with E-state index in [1.54, 1.807) is 30.6 Å². The summed E-state index contributed by atoms with van der Waals surface area (Å²) in [6.07, 6.45) is 6.46. The van der Waals surface area contributed by atoms with Crippen LogP contribution < -0.4 is 10.0 Å². The third-order valence-corrected chi connectivity index (χ3v) is 6.08. The van der Waals surface area contributed by atoms with Gasteiger partial charge in [-0.2, -0.15) is 4.98 Å². The van der Waals surface area contributed by atoms with Gasteiger partial charge in [0.15, 0.2) is 5.65 Å². The Morgan fingerprint density at radius 3 is 2.62 bits per heavy atom. The van der Waals surface area contributed by atoms with Crippen LogP contribution in [0.25, 0.3) is 16.8 Å². The van der Waals surface area contributed by atoms with Gasteiger partial charge >= 0.3 is 0 Å². The number of nitrogens with zero attached hydrogens (tertiary/aromatic N) is 4. The molecule has 3 rings (SSSR count). The summed E-state index contributed by atoms with van der Waals surface area (Å²) in [6, 6.07) is 5.11. The van der Waals surface area contributed by atoms with Crippen LogP contribution in [-0.2, 0) is 14.8 Å². The monoisotopic (exact) mass is 416 g/mol. The minimum Gasteiger partial charge on any atom is -0.293 e. The third-order valence-electron chi connectivity index (χ3n) is 4.69. The van der Waals surface area contributed by atoms with Gasteiger partial charge in [0, 0.05) is 43.2 Å². The Bertz CT molecular complexity index is 1120. The second-order valence-electron chi connectivity index (χ2n) is 6.78. The summed E-state index contributed by atoms with van der Waals surface area (Å²) < 4.78 is 29.5. The number of hydrogen-bond acceptors (Lipinski definition) is 6. The van der Waals surface area contributed by atoms with Gasteiger partial charge in [0.2, 0.25) is 21.9 Å². The van der Waals surface area contributed by atoms with Crippen molar-refractivity contribution in [2.24, 2.45) is 5.92 Å². The molecule has 3 aromatic heterocycles. The maximum absolute atomic E-state index is 12.7. The summed E-state index contributed by atoms with van der Waals surface area (Å²) in [7, 11) is -3.65. The molecule has 10 heteroatoms. The average molecular weight is 417 g/mol. The molecule has 0 fully saturated rings. The number of pyridine rings is 2. The van der Waals surface area contributed by atoms with Gasteiger partial charge in [0.25, 0.3) is 0 Å². The number of amides is 1. The van der Waals surface area contributed by atoms with E-state index >= 15 is 0 Å². The Labute approximate surface area is 169 Å². The zero-order chi connectivity index (χ0) is 21.0. The van der Waals surface area contributed by atoms with Crippen LogP contribution in [0.2, 0.25) is 0 Å². The highest BCUT2D eigenvalue weighted by molar-refractivity contribution is 7.89. The van der Waals surface area contributed by atoms with Crippen molar-refractivity contribution < 1.29 is 13.2 Å². The third kappa shape index (κ3) is 4.96. The van der Waals surface area contributed by atoms with Crippen LogP contribution in [0.15, 0.2) is 41.7 Å². The smallest absolute Gasteiger partial charge is 0.249 e. The number of nitrogens with one attached hydrogen (secondary N) is 2. The summed E-state index contributed by atoms with van der Waals surface area (Å²) in [4.78, 5) is 19.6. The molecule has 0 aliphatic heterocycles. The van der Waals surface area contributed by atoms with Crippen LogP contribution in [0.5, 0.6) is 0 Å². The molecule has 0 saturated heterocycles. The second-order valence-corrected chi connectivity index (χ2v) is 8.55. The van der Waals surface area contributed by atoms with Gasteiger partial charge in [-0.1, -0.05) is 26.7 Å². The van der Waals surface area contributed by atoms with Crippen molar-refractivity contribution in [3.8, 4) is 11.1 Å². The number of carbonyl (C=O) groups excluding carboxylic acids is 1. The molecule has 3 heterocycles. The van der Waals surface area contributed by atoms with Crippen molar-refractivity contribution in [1.82, 2.24) is 24.3 Å². The van der Waals surface area contributed by atoms with E-state index in [4.69, 9.17) is 0 Å². The lowest BCUT2D eigenvalue weighted by atomic mass is 10.0. The quantitative estimate of drug-likeness (QED) is 0.582. The van der Waals surface area contributed by atoms with Crippen molar-refractivity contribution >= 4 is 27.5 Å². The van der Waals surface area contributed by atoms with Crippen molar-refractivity contribution in [2.45, 2.75) is 38.5 Å². The predicted molar refractivity (Wildman–Crippen MR) is 110 cm³/mol. The lowest BCUT2D eigenvalue weighted by Gasteiger charge is -2.14. The molecule has 2 N–H and O–H groups in total. The molecule has 0 spiro atoms. The number of aromatic nitrogens is 4. The maximum Gasteiger partial charge on any atom is 0.249 e. The first-order valence-electron chi connectivity index (χ1n) is 9.41. The van der Waals surface area contributed by atoms with Crippen molar-refractivity contribution in [3.63, 3.8) is 0 Å². The second kappa shape index (κ2) is 8.66. The standard InChI is InChI=1S/C19H24N6O3S/c1-4-14(5-2)9-21-29(27,28)17-8-16(10-20-11-17)15-6-7-18-23-19(22-13(3)26)24-25(18)12-15/h6-8,10-12,14,21H,4-5,9H2,1-3H3,(H,22,24,26). The highest BCUT2D eigenvalue weighted by atomic mass is 32.2. The van der Waals surface area contributed by atoms with Crippen molar-refractivity contribution in [1.29, 1.82) is 0 Å². The molecule has 0 bridgehead atoms. The molecule has 0 atom stereocenters. The summed E-state index contributed by atoms with van der Waals surface area (Å²) in [5.74, 6) is 0.243. The van der Waals surface area contributed by atoms with Crippen LogP contribution in [0.4, 0.5) is 5.95 Å². The number of fused-ring (bicyclic) bond motifs is 1. The minimum atomic E-state index is -3.65. The summed E-state index contributed by atoms with van der Waals surface area (Å²) in [5.41, 5.74) is 1.91. The first-order valence-corrected chi connectivity index (χ1v) is 10.9. The average Bonchev–Trinajstić information content (AvgIpc) is 3.09.